The number of carbonyl (C=O) groups excluding carboxylic acids is 1. The highest BCUT2D eigenvalue weighted by molar-refractivity contribution is 5.79. The van der Waals surface area contributed by atoms with Crippen LogP contribution in [0.1, 0.15) is 26.2 Å². The molecule has 0 aliphatic carbocycles. The topological polar surface area (TPSA) is 41.6 Å². The third-order valence-corrected chi connectivity index (χ3v) is 3.97. The van der Waals surface area contributed by atoms with E-state index in [-0.39, 0.29) is 12.0 Å². The van der Waals surface area contributed by atoms with Crippen molar-refractivity contribution < 1.29 is 9.53 Å². The van der Waals surface area contributed by atoms with Gasteiger partial charge in [0.1, 0.15) is 0 Å². The molecule has 1 amide bonds. The molecule has 4 nitrogen and oxygen atoms in total. The fourth-order valence-electron chi connectivity index (χ4n) is 2.89. The second-order valence-corrected chi connectivity index (χ2v) is 5.40. The van der Waals surface area contributed by atoms with Gasteiger partial charge in [0.15, 0.2) is 0 Å². The first-order valence-corrected chi connectivity index (χ1v) is 6.75. The third kappa shape index (κ3) is 3.19. The molecule has 2 aliphatic heterocycles. The largest absolute Gasteiger partial charge is 0.378 e. The molecule has 0 radical (unpaired) electrons. The number of carbonyl (C=O) groups is 1. The highest BCUT2D eigenvalue weighted by atomic mass is 16.5. The van der Waals surface area contributed by atoms with Crippen LogP contribution >= 0.6 is 0 Å². The normalized spacial score (nSPS) is 30.8. The second kappa shape index (κ2) is 5.83. The Hall–Kier alpha value is -0.610. The summed E-state index contributed by atoms with van der Waals surface area (Å²) < 4.78 is 5.48. The van der Waals surface area contributed by atoms with E-state index in [2.05, 4.69) is 5.32 Å². The van der Waals surface area contributed by atoms with Gasteiger partial charge in [-0.25, -0.2) is 0 Å². The summed E-state index contributed by atoms with van der Waals surface area (Å²) in [4.78, 5) is 14.3. The maximum absolute atomic E-state index is 12.2. The Labute approximate surface area is 104 Å². The van der Waals surface area contributed by atoms with Crippen molar-refractivity contribution in [3.8, 4) is 0 Å². The van der Waals surface area contributed by atoms with Crippen molar-refractivity contribution in [3.63, 3.8) is 0 Å². The molecular formula is C13H24N2O2. The van der Waals surface area contributed by atoms with Crippen molar-refractivity contribution >= 4 is 5.91 Å². The quantitative estimate of drug-likeness (QED) is 0.796. The summed E-state index contributed by atoms with van der Waals surface area (Å²) in [6.45, 7) is 5.60. The molecule has 17 heavy (non-hydrogen) atoms. The number of likely N-dealkylation sites (tertiary alicyclic amines) is 1. The SMILES string of the molecule is CNCC1CCN(C(=O)C2COC(C)C2)CC1. The van der Waals surface area contributed by atoms with Crippen molar-refractivity contribution in [2.75, 3.05) is 33.3 Å². The first-order valence-electron chi connectivity index (χ1n) is 6.75. The van der Waals surface area contributed by atoms with E-state index in [1.165, 1.54) is 0 Å². The summed E-state index contributed by atoms with van der Waals surface area (Å²) in [5.41, 5.74) is 0. The van der Waals surface area contributed by atoms with E-state index in [9.17, 15) is 4.79 Å². The maximum Gasteiger partial charge on any atom is 0.228 e. The molecule has 2 saturated heterocycles. The van der Waals surface area contributed by atoms with Gasteiger partial charge in [0.2, 0.25) is 5.91 Å². The standard InChI is InChI=1S/C13H24N2O2/c1-10-7-12(9-17-10)13(16)15-5-3-11(4-6-15)8-14-2/h10-12,14H,3-9H2,1-2H3. The molecule has 2 fully saturated rings. The van der Waals surface area contributed by atoms with E-state index in [4.69, 9.17) is 4.74 Å². The lowest BCUT2D eigenvalue weighted by molar-refractivity contribution is -0.136. The molecule has 0 bridgehead atoms. The summed E-state index contributed by atoms with van der Waals surface area (Å²) in [5.74, 6) is 1.17. The van der Waals surface area contributed by atoms with Gasteiger partial charge in [-0.05, 0) is 45.7 Å². The average molecular weight is 240 g/mol. The van der Waals surface area contributed by atoms with Crippen LogP contribution in [-0.4, -0.2) is 50.2 Å². The monoisotopic (exact) mass is 240 g/mol. The number of hydrogen-bond acceptors (Lipinski definition) is 3. The van der Waals surface area contributed by atoms with Crippen LogP contribution in [-0.2, 0) is 9.53 Å². The first-order chi connectivity index (χ1) is 8.20. The maximum atomic E-state index is 12.2. The van der Waals surface area contributed by atoms with E-state index < -0.39 is 0 Å². The predicted molar refractivity (Wildman–Crippen MR) is 66.8 cm³/mol. The Morgan fingerprint density at radius 2 is 2.12 bits per heavy atom. The van der Waals surface area contributed by atoms with Gasteiger partial charge in [-0.1, -0.05) is 0 Å². The van der Waals surface area contributed by atoms with Crippen LogP contribution in [0.25, 0.3) is 0 Å². The van der Waals surface area contributed by atoms with E-state index in [0.717, 1.165) is 44.8 Å². The van der Waals surface area contributed by atoms with Crippen LogP contribution in [0.2, 0.25) is 0 Å². The number of hydrogen-bond donors (Lipinski definition) is 1. The average Bonchev–Trinajstić information content (AvgIpc) is 2.76. The third-order valence-electron chi connectivity index (χ3n) is 3.97. The van der Waals surface area contributed by atoms with Crippen molar-refractivity contribution in [1.29, 1.82) is 0 Å². The number of amides is 1. The van der Waals surface area contributed by atoms with E-state index in [1.54, 1.807) is 0 Å². The summed E-state index contributed by atoms with van der Waals surface area (Å²) in [6.07, 6.45) is 3.42. The highest BCUT2D eigenvalue weighted by Gasteiger charge is 2.33. The fourth-order valence-corrected chi connectivity index (χ4v) is 2.89. The molecule has 98 valence electrons. The lowest BCUT2D eigenvalue weighted by atomic mass is 9.95. The van der Waals surface area contributed by atoms with Crippen LogP contribution in [0.15, 0.2) is 0 Å². The molecule has 2 atom stereocenters. The van der Waals surface area contributed by atoms with Crippen LogP contribution < -0.4 is 5.32 Å². The van der Waals surface area contributed by atoms with E-state index >= 15 is 0 Å². The Bertz CT molecular complexity index is 262. The molecule has 0 aromatic carbocycles. The molecule has 1 N–H and O–H groups in total. The van der Waals surface area contributed by atoms with Gasteiger partial charge in [0.25, 0.3) is 0 Å². The molecule has 2 heterocycles. The molecule has 2 rings (SSSR count). The zero-order valence-corrected chi connectivity index (χ0v) is 10.9. The van der Waals surface area contributed by atoms with E-state index in [1.807, 2.05) is 18.9 Å². The number of piperidine rings is 1. The van der Waals surface area contributed by atoms with Gasteiger partial charge in [0, 0.05) is 13.1 Å². The first kappa shape index (κ1) is 12.8. The zero-order valence-electron chi connectivity index (χ0n) is 10.9. The van der Waals surface area contributed by atoms with Crippen LogP contribution in [0.3, 0.4) is 0 Å². The van der Waals surface area contributed by atoms with Gasteiger partial charge >= 0.3 is 0 Å². The molecule has 0 aromatic heterocycles. The van der Waals surface area contributed by atoms with Crippen molar-refractivity contribution in [2.24, 2.45) is 11.8 Å². The van der Waals surface area contributed by atoms with Crippen LogP contribution in [0.5, 0.6) is 0 Å². The van der Waals surface area contributed by atoms with Crippen molar-refractivity contribution in [2.45, 2.75) is 32.3 Å². The fraction of sp³-hybridized carbons (Fsp3) is 0.923. The minimum atomic E-state index is 0.117. The van der Waals surface area contributed by atoms with Crippen molar-refractivity contribution in [3.05, 3.63) is 0 Å². The summed E-state index contributed by atoms with van der Waals surface area (Å²) >= 11 is 0. The van der Waals surface area contributed by atoms with Gasteiger partial charge in [-0.15, -0.1) is 0 Å². The van der Waals surface area contributed by atoms with Crippen LogP contribution in [0, 0.1) is 11.8 Å². The number of rotatable bonds is 3. The van der Waals surface area contributed by atoms with Crippen LogP contribution in [0.4, 0.5) is 0 Å². The Kier molecular flexibility index (Phi) is 4.40. The number of nitrogens with zero attached hydrogens (tertiary/aromatic N) is 1. The van der Waals surface area contributed by atoms with Gasteiger partial charge in [-0.2, -0.15) is 0 Å². The molecule has 0 aromatic rings. The predicted octanol–water partition coefficient (Wildman–Crippen LogP) is 0.869. The summed E-state index contributed by atoms with van der Waals surface area (Å²) in [5, 5.41) is 3.22. The zero-order chi connectivity index (χ0) is 12.3. The Morgan fingerprint density at radius 1 is 1.41 bits per heavy atom. The van der Waals surface area contributed by atoms with Gasteiger partial charge in [-0.3, -0.25) is 4.79 Å². The Balaban J connectivity index is 1.78. The van der Waals surface area contributed by atoms with Gasteiger partial charge in [0.05, 0.1) is 18.6 Å². The summed E-state index contributed by atoms with van der Waals surface area (Å²) in [6, 6.07) is 0. The molecule has 0 saturated carbocycles. The highest BCUT2D eigenvalue weighted by Crippen LogP contribution is 2.24. The number of nitrogens with one attached hydrogen (secondary N) is 1. The van der Waals surface area contributed by atoms with Gasteiger partial charge < -0.3 is 15.0 Å². The summed E-state index contributed by atoms with van der Waals surface area (Å²) in [7, 11) is 1.99. The molecule has 2 unspecified atom stereocenters. The smallest absolute Gasteiger partial charge is 0.228 e. The minimum Gasteiger partial charge on any atom is -0.378 e. The lowest BCUT2D eigenvalue weighted by Crippen LogP contribution is -2.43. The van der Waals surface area contributed by atoms with Crippen molar-refractivity contribution in [1.82, 2.24) is 10.2 Å². The minimum absolute atomic E-state index is 0.117. The second-order valence-electron chi connectivity index (χ2n) is 5.40. The molecule has 4 heteroatoms. The molecular weight excluding hydrogens is 216 g/mol. The Morgan fingerprint density at radius 3 is 2.65 bits per heavy atom. The number of ether oxygens (including phenoxy) is 1. The van der Waals surface area contributed by atoms with E-state index in [0.29, 0.717) is 12.5 Å². The molecule has 0 spiro atoms. The lowest BCUT2D eigenvalue weighted by Gasteiger charge is -2.33. The molecule has 2 aliphatic rings.